The number of amides is 2. The molecule has 0 atom stereocenters. The maximum Gasteiger partial charge on any atom is 0.243 e. The Morgan fingerprint density at radius 2 is 1.75 bits per heavy atom. The molecule has 7 nitrogen and oxygen atoms in total. The molecule has 3 rings (SSSR count). The van der Waals surface area contributed by atoms with Crippen LogP contribution >= 0.6 is 39.0 Å². The van der Waals surface area contributed by atoms with Gasteiger partial charge in [0.2, 0.25) is 16.9 Å². The van der Waals surface area contributed by atoms with E-state index >= 15 is 0 Å². The summed E-state index contributed by atoms with van der Waals surface area (Å²) in [5, 5.41) is 17.2. The summed E-state index contributed by atoms with van der Waals surface area (Å²) in [6.07, 6.45) is 0. The van der Waals surface area contributed by atoms with Crippen molar-refractivity contribution in [1.29, 1.82) is 0 Å². The van der Waals surface area contributed by atoms with Crippen LogP contribution in [0.5, 0.6) is 0 Å². The quantitative estimate of drug-likeness (QED) is 0.425. The fraction of sp³-hybridized carbons (Fsp3) is 0.111. The van der Waals surface area contributed by atoms with Crippen molar-refractivity contribution in [2.75, 3.05) is 22.9 Å². The number of thioether (sulfide) groups is 1. The van der Waals surface area contributed by atoms with Gasteiger partial charge in [0.1, 0.15) is 0 Å². The monoisotopic (exact) mass is 477 g/mol. The predicted molar refractivity (Wildman–Crippen MR) is 116 cm³/mol. The molecule has 0 radical (unpaired) electrons. The van der Waals surface area contributed by atoms with Crippen molar-refractivity contribution in [1.82, 2.24) is 15.5 Å². The second-order valence-corrected chi connectivity index (χ2v) is 8.51. The van der Waals surface area contributed by atoms with Crippen LogP contribution in [-0.2, 0) is 9.59 Å². The highest BCUT2D eigenvalue weighted by Crippen LogP contribution is 2.27. The number of carbonyl (C=O) groups is 2. The minimum atomic E-state index is -0.296. The molecule has 3 N–H and O–H groups in total. The molecule has 0 saturated carbocycles. The number of carbonyl (C=O) groups excluding carboxylic acids is 2. The summed E-state index contributed by atoms with van der Waals surface area (Å²) in [5.74, 6) is -0.391. The first-order chi connectivity index (χ1) is 13.6. The molecule has 0 unspecified atom stereocenters. The van der Waals surface area contributed by atoms with Crippen LogP contribution < -0.4 is 16.0 Å². The second kappa shape index (κ2) is 10.2. The lowest BCUT2D eigenvalue weighted by Gasteiger charge is -2.08. The Balaban J connectivity index is 1.40. The Kier molecular flexibility index (Phi) is 7.40. The first-order valence-electron chi connectivity index (χ1n) is 8.19. The number of hydrogen-bond acceptors (Lipinski definition) is 7. The van der Waals surface area contributed by atoms with E-state index in [4.69, 9.17) is 0 Å². The van der Waals surface area contributed by atoms with Gasteiger partial charge in [-0.2, -0.15) is 0 Å². The van der Waals surface area contributed by atoms with Crippen molar-refractivity contribution < 1.29 is 9.59 Å². The van der Waals surface area contributed by atoms with Crippen molar-refractivity contribution in [2.24, 2.45) is 0 Å². The molecule has 0 saturated heterocycles. The van der Waals surface area contributed by atoms with Gasteiger partial charge in [0.25, 0.3) is 0 Å². The van der Waals surface area contributed by atoms with E-state index in [1.807, 2.05) is 48.5 Å². The van der Waals surface area contributed by atoms with Gasteiger partial charge < -0.3 is 16.0 Å². The van der Waals surface area contributed by atoms with Gasteiger partial charge in [0.15, 0.2) is 4.34 Å². The molecule has 1 heterocycles. The molecule has 1 aromatic heterocycles. The van der Waals surface area contributed by atoms with Crippen molar-refractivity contribution in [3.63, 3.8) is 0 Å². The van der Waals surface area contributed by atoms with E-state index < -0.39 is 0 Å². The summed E-state index contributed by atoms with van der Waals surface area (Å²) in [6, 6.07) is 16.9. The number of benzene rings is 2. The van der Waals surface area contributed by atoms with E-state index in [0.717, 1.165) is 10.2 Å². The van der Waals surface area contributed by atoms with Gasteiger partial charge in [-0.3, -0.25) is 9.59 Å². The van der Waals surface area contributed by atoms with Gasteiger partial charge in [-0.15, -0.1) is 10.2 Å². The molecule has 0 spiro atoms. The normalized spacial score (nSPS) is 10.3. The van der Waals surface area contributed by atoms with Crippen molar-refractivity contribution in [3.8, 4) is 0 Å². The Bertz CT molecular complexity index is 952. The van der Waals surface area contributed by atoms with Crippen LogP contribution in [0.15, 0.2) is 63.4 Å². The molecular formula is C18H16BrN5O2S2. The zero-order valence-electron chi connectivity index (χ0n) is 14.5. The maximum atomic E-state index is 12.0. The number of nitrogens with zero attached hydrogens (tertiary/aromatic N) is 2. The summed E-state index contributed by atoms with van der Waals surface area (Å²) in [4.78, 5) is 23.9. The number of nitrogens with one attached hydrogen (secondary N) is 3. The number of rotatable bonds is 8. The highest BCUT2D eigenvalue weighted by molar-refractivity contribution is 9.10. The first-order valence-corrected chi connectivity index (χ1v) is 10.8. The summed E-state index contributed by atoms with van der Waals surface area (Å²) >= 11 is 5.99. The molecule has 0 aliphatic heterocycles. The standard InChI is InChI=1S/C18H16BrN5O2S2/c19-13-8-4-5-9-14(13)22-15(25)10-20-16(26)11-27-18-24-23-17(28-18)21-12-6-2-1-3-7-12/h1-9H,10-11H2,(H,20,26)(H,21,23)(H,22,25). The van der Waals surface area contributed by atoms with Crippen molar-refractivity contribution in [3.05, 3.63) is 59.1 Å². The Morgan fingerprint density at radius 3 is 2.54 bits per heavy atom. The molecule has 0 fully saturated rings. The number of halogens is 1. The van der Waals surface area contributed by atoms with E-state index in [1.54, 1.807) is 6.07 Å². The fourth-order valence-electron chi connectivity index (χ4n) is 2.08. The SMILES string of the molecule is O=C(CSc1nnc(Nc2ccccc2)s1)NCC(=O)Nc1ccccc1Br. The molecule has 2 aromatic carbocycles. The number of anilines is 3. The molecule has 3 aromatic rings. The van der Waals surface area contributed by atoms with Crippen LogP contribution in [-0.4, -0.2) is 34.3 Å². The molecular weight excluding hydrogens is 462 g/mol. The molecule has 10 heteroatoms. The van der Waals surface area contributed by atoms with Gasteiger partial charge in [-0.05, 0) is 40.2 Å². The molecule has 0 aliphatic rings. The Morgan fingerprint density at radius 1 is 1.00 bits per heavy atom. The molecule has 28 heavy (non-hydrogen) atoms. The second-order valence-electron chi connectivity index (χ2n) is 5.46. The summed E-state index contributed by atoms with van der Waals surface area (Å²) < 4.78 is 1.45. The topological polar surface area (TPSA) is 96.0 Å². The zero-order chi connectivity index (χ0) is 19.8. The third kappa shape index (κ3) is 6.32. The number of hydrogen-bond donors (Lipinski definition) is 3. The van der Waals surface area contributed by atoms with Crippen molar-refractivity contribution in [2.45, 2.75) is 4.34 Å². The summed E-state index contributed by atoms with van der Waals surface area (Å²) in [5.41, 5.74) is 1.58. The van der Waals surface area contributed by atoms with E-state index in [0.29, 0.717) is 15.2 Å². The molecule has 0 bridgehead atoms. The number of para-hydroxylation sites is 2. The van der Waals surface area contributed by atoms with Crippen LogP contribution in [0.1, 0.15) is 0 Å². The van der Waals surface area contributed by atoms with Crippen LogP contribution in [0.2, 0.25) is 0 Å². The van der Waals surface area contributed by atoms with Crippen LogP contribution in [0.25, 0.3) is 0 Å². The Hall–Kier alpha value is -2.43. The first kappa shape index (κ1) is 20.3. The van der Waals surface area contributed by atoms with E-state index in [9.17, 15) is 9.59 Å². The smallest absolute Gasteiger partial charge is 0.243 e. The third-order valence-electron chi connectivity index (χ3n) is 3.35. The summed E-state index contributed by atoms with van der Waals surface area (Å²) in [7, 11) is 0. The lowest BCUT2D eigenvalue weighted by atomic mass is 10.3. The van der Waals surface area contributed by atoms with Crippen LogP contribution in [0.3, 0.4) is 0 Å². The minimum Gasteiger partial charge on any atom is -0.346 e. The third-order valence-corrected chi connectivity index (χ3v) is 6.02. The number of aromatic nitrogens is 2. The molecule has 0 aliphatic carbocycles. The largest absolute Gasteiger partial charge is 0.346 e. The Labute approximate surface area is 178 Å². The van der Waals surface area contributed by atoms with E-state index in [1.165, 1.54) is 23.1 Å². The minimum absolute atomic E-state index is 0.0995. The average molecular weight is 478 g/mol. The average Bonchev–Trinajstić information content (AvgIpc) is 3.15. The summed E-state index contributed by atoms with van der Waals surface area (Å²) in [6.45, 7) is -0.0995. The highest BCUT2D eigenvalue weighted by atomic mass is 79.9. The molecule has 2 amide bonds. The van der Waals surface area contributed by atoms with Crippen LogP contribution in [0.4, 0.5) is 16.5 Å². The lowest BCUT2D eigenvalue weighted by Crippen LogP contribution is -2.33. The van der Waals surface area contributed by atoms with Gasteiger partial charge >= 0.3 is 0 Å². The zero-order valence-corrected chi connectivity index (χ0v) is 17.7. The van der Waals surface area contributed by atoms with Gasteiger partial charge in [-0.1, -0.05) is 53.4 Å². The highest BCUT2D eigenvalue weighted by Gasteiger charge is 2.10. The predicted octanol–water partition coefficient (Wildman–Crippen LogP) is 3.89. The lowest BCUT2D eigenvalue weighted by molar-refractivity contribution is -0.122. The fourth-order valence-corrected chi connectivity index (χ4v) is 4.06. The van der Waals surface area contributed by atoms with E-state index in [-0.39, 0.29) is 24.1 Å². The van der Waals surface area contributed by atoms with Gasteiger partial charge in [0.05, 0.1) is 18.0 Å². The van der Waals surface area contributed by atoms with E-state index in [2.05, 4.69) is 42.1 Å². The van der Waals surface area contributed by atoms with Crippen LogP contribution in [0, 0.1) is 0 Å². The van der Waals surface area contributed by atoms with Gasteiger partial charge in [-0.25, -0.2) is 0 Å². The maximum absolute atomic E-state index is 12.0. The molecule has 144 valence electrons. The van der Waals surface area contributed by atoms with Gasteiger partial charge in [0, 0.05) is 10.2 Å². The van der Waals surface area contributed by atoms with Crippen molar-refractivity contribution >= 4 is 67.3 Å².